The van der Waals surface area contributed by atoms with Gasteiger partial charge in [0.25, 0.3) is 0 Å². The fraction of sp³-hybridized carbons (Fsp3) is 0.150. The molecule has 0 bridgehead atoms. The number of Topliss-reactive ketones (excluding diaryl/α,β-unsaturated/α-hetero) is 1. The molecule has 1 aliphatic heterocycles. The fourth-order valence-electron chi connectivity index (χ4n) is 2.49. The highest BCUT2D eigenvalue weighted by Gasteiger charge is 2.30. The number of hydrogen-bond donors (Lipinski definition) is 0. The minimum Gasteiger partial charge on any atom is -0.482 e. The van der Waals surface area contributed by atoms with Crippen LogP contribution >= 0.6 is 11.8 Å². The molecular formula is C20H16O6S. The lowest BCUT2D eigenvalue weighted by atomic mass is 10.1. The standard InChI is InChI=1S/C20H16O6S/c1-24-17(21)11-26-13-8-6-12(7-9-13)10-16-18(22)14-4-3-5-15(19(14)27-16)20(23)25-2/h3-10H,11H2,1-2H3/b16-10-. The van der Waals surface area contributed by atoms with E-state index < -0.39 is 11.9 Å². The van der Waals surface area contributed by atoms with Crippen LogP contribution in [0, 0.1) is 0 Å². The predicted molar refractivity (Wildman–Crippen MR) is 99.9 cm³/mol. The maximum absolute atomic E-state index is 12.6. The number of methoxy groups -OCH3 is 2. The highest BCUT2D eigenvalue weighted by Crippen LogP contribution is 2.43. The maximum Gasteiger partial charge on any atom is 0.343 e. The van der Waals surface area contributed by atoms with Gasteiger partial charge in [0.2, 0.25) is 5.78 Å². The first-order valence-electron chi connectivity index (χ1n) is 7.98. The minimum absolute atomic E-state index is 0.133. The van der Waals surface area contributed by atoms with Gasteiger partial charge in [-0.25, -0.2) is 9.59 Å². The summed E-state index contributed by atoms with van der Waals surface area (Å²) in [7, 11) is 2.60. The zero-order valence-electron chi connectivity index (χ0n) is 14.7. The van der Waals surface area contributed by atoms with Gasteiger partial charge in [-0.2, -0.15) is 0 Å². The van der Waals surface area contributed by atoms with E-state index in [2.05, 4.69) is 4.74 Å². The normalized spacial score (nSPS) is 14.0. The van der Waals surface area contributed by atoms with Crippen molar-refractivity contribution < 1.29 is 28.6 Å². The number of allylic oxidation sites excluding steroid dienone is 1. The van der Waals surface area contributed by atoms with Crippen LogP contribution in [0.2, 0.25) is 0 Å². The SMILES string of the molecule is COC(=O)COc1ccc(/C=C2\Sc3c(C(=O)OC)cccc3C2=O)cc1. The van der Waals surface area contributed by atoms with Crippen molar-refractivity contribution in [1.82, 2.24) is 0 Å². The second kappa shape index (κ2) is 8.09. The van der Waals surface area contributed by atoms with Crippen LogP contribution in [0.3, 0.4) is 0 Å². The zero-order valence-corrected chi connectivity index (χ0v) is 15.5. The summed E-state index contributed by atoms with van der Waals surface area (Å²) >= 11 is 1.25. The topological polar surface area (TPSA) is 78.9 Å². The molecule has 3 rings (SSSR count). The third kappa shape index (κ3) is 4.03. The number of thioether (sulfide) groups is 1. The molecule has 0 amide bonds. The molecule has 7 heteroatoms. The minimum atomic E-state index is -0.472. The highest BCUT2D eigenvalue weighted by atomic mass is 32.2. The van der Waals surface area contributed by atoms with E-state index in [0.717, 1.165) is 5.56 Å². The van der Waals surface area contributed by atoms with Gasteiger partial charge in [-0.1, -0.05) is 30.0 Å². The number of benzene rings is 2. The van der Waals surface area contributed by atoms with Crippen molar-refractivity contribution >= 4 is 35.6 Å². The number of fused-ring (bicyclic) bond motifs is 1. The van der Waals surface area contributed by atoms with Crippen molar-refractivity contribution in [3.8, 4) is 5.75 Å². The lowest BCUT2D eigenvalue weighted by molar-refractivity contribution is -0.142. The van der Waals surface area contributed by atoms with E-state index >= 15 is 0 Å². The van der Waals surface area contributed by atoms with Crippen molar-refractivity contribution in [3.63, 3.8) is 0 Å². The smallest absolute Gasteiger partial charge is 0.343 e. The lowest BCUT2D eigenvalue weighted by Crippen LogP contribution is -2.12. The molecule has 1 heterocycles. The summed E-state index contributed by atoms with van der Waals surface area (Å²) in [5.74, 6) is -0.551. The molecular weight excluding hydrogens is 368 g/mol. The van der Waals surface area contributed by atoms with Crippen LogP contribution in [0.5, 0.6) is 5.75 Å². The van der Waals surface area contributed by atoms with Gasteiger partial charge in [-0.15, -0.1) is 0 Å². The van der Waals surface area contributed by atoms with Crippen LogP contribution in [0.25, 0.3) is 6.08 Å². The largest absolute Gasteiger partial charge is 0.482 e. The Kier molecular flexibility index (Phi) is 5.61. The molecule has 0 radical (unpaired) electrons. The molecule has 6 nitrogen and oxygen atoms in total. The van der Waals surface area contributed by atoms with E-state index in [1.807, 2.05) is 0 Å². The Morgan fingerprint density at radius 3 is 2.44 bits per heavy atom. The van der Waals surface area contributed by atoms with Gasteiger partial charge in [-0.05, 0) is 35.9 Å². The molecule has 27 heavy (non-hydrogen) atoms. The van der Waals surface area contributed by atoms with Gasteiger partial charge in [-0.3, -0.25) is 4.79 Å². The summed E-state index contributed by atoms with van der Waals surface area (Å²) in [6.07, 6.45) is 1.75. The first kappa shape index (κ1) is 18.7. The fourth-order valence-corrected chi connectivity index (χ4v) is 3.64. The lowest BCUT2D eigenvalue weighted by Gasteiger charge is -2.05. The Bertz CT molecular complexity index is 930. The number of carbonyl (C=O) groups is 3. The molecule has 0 atom stereocenters. The molecule has 0 unspecified atom stereocenters. The van der Waals surface area contributed by atoms with Crippen LogP contribution in [-0.4, -0.2) is 38.5 Å². The third-order valence-electron chi connectivity index (χ3n) is 3.86. The summed E-state index contributed by atoms with van der Waals surface area (Å²) in [4.78, 5) is 36.7. The number of hydrogen-bond acceptors (Lipinski definition) is 7. The van der Waals surface area contributed by atoms with E-state index in [0.29, 0.717) is 26.7 Å². The Labute approximate surface area is 160 Å². The molecule has 2 aromatic carbocycles. The monoisotopic (exact) mass is 384 g/mol. The summed E-state index contributed by atoms with van der Waals surface area (Å²) in [5, 5.41) is 0. The summed E-state index contributed by atoms with van der Waals surface area (Å²) in [5.41, 5.74) is 1.67. The molecule has 0 saturated heterocycles. The average Bonchev–Trinajstić information content (AvgIpc) is 3.02. The van der Waals surface area contributed by atoms with Crippen LogP contribution in [0.15, 0.2) is 52.3 Å². The van der Waals surface area contributed by atoms with Crippen LogP contribution < -0.4 is 4.74 Å². The third-order valence-corrected chi connectivity index (χ3v) is 5.03. The van der Waals surface area contributed by atoms with E-state index in [9.17, 15) is 14.4 Å². The van der Waals surface area contributed by atoms with Gasteiger partial charge in [0.15, 0.2) is 6.61 Å². The quantitative estimate of drug-likeness (QED) is 0.578. The number of esters is 2. The Hall–Kier alpha value is -3.06. The molecule has 1 aliphatic rings. The van der Waals surface area contributed by atoms with Crippen molar-refractivity contribution in [3.05, 3.63) is 64.1 Å². The molecule has 0 aliphatic carbocycles. The van der Waals surface area contributed by atoms with Crippen LogP contribution in [-0.2, 0) is 14.3 Å². The van der Waals surface area contributed by atoms with E-state index in [4.69, 9.17) is 9.47 Å². The molecule has 0 fully saturated rings. The summed E-state index contributed by atoms with van der Waals surface area (Å²) in [6.45, 7) is -0.170. The van der Waals surface area contributed by atoms with Crippen molar-refractivity contribution in [2.75, 3.05) is 20.8 Å². The molecule has 2 aromatic rings. The number of ether oxygens (including phenoxy) is 3. The van der Waals surface area contributed by atoms with Gasteiger partial charge in [0.05, 0.1) is 24.7 Å². The van der Waals surface area contributed by atoms with E-state index in [1.54, 1.807) is 48.5 Å². The van der Waals surface area contributed by atoms with Gasteiger partial charge in [0, 0.05) is 10.5 Å². The first-order chi connectivity index (χ1) is 13.0. The molecule has 0 saturated carbocycles. The van der Waals surface area contributed by atoms with Crippen LogP contribution in [0.4, 0.5) is 0 Å². The van der Waals surface area contributed by atoms with Crippen molar-refractivity contribution in [2.24, 2.45) is 0 Å². The Morgan fingerprint density at radius 1 is 1.04 bits per heavy atom. The second-order valence-corrected chi connectivity index (χ2v) is 6.60. The van der Waals surface area contributed by atoms with E-state index in [-0.39, 0.29) is 12.4 Å². The van der Waals surface area contributed by atoms with Gasteiger partial charge >= 0.3 is 11.9 Å². The van der Waals surface area contributed by atoms with Crippen molar-refractivity contribution in [2.45, 2.75) is 4.90 Å². The van der Waals surface area contributed by atoms with Crippen LogP contribution in [0.1, 0.15) is 26.3 Å². The summed E-state index contributed by atoms with van der Waals surface area (Å²) in [6, 6.07) is 12.0. The highest BCUT2D eigenvalue weighted by molar-refractivity contribution is 8.05. The zero-order chi connectivity index (χ0) is 19.4. The molecule has 0 spiro atoms. The second-order valence-electron chi connectivity index (χ2n) is 5.55. The maximum atomic E-state index is 12.6. The van der Waals surface area contributed by atoms with E-state index in [1.165, 1.54) is 26.0 Å². The number of ketones is 1. The number of carbonyl (C=O) groups excluding carboxylic acids is 3. The average molecular weight is 384 g/mol. The molecule has 0 aromatic heterocycles. The van der Waals surface area contributed by atoms with Gasteiger partial charge in [0.1, 0.15) is 5.75 Å². The van der Waals surface area contributed by atoms with Gasteiger partial charge < -0.3 is 14.2 Å². The number of rotatable bonds is 5. The Morgan fingerprint density at radius 2 is 1.78 bits per heavy atom. The predicted octanol–water partition coefficient (Wildman–Crippen LogP) is 3.35. The summed E-state index contributed by atoms with van der Waals surface area (Å²) < 4.78 is 14.6. The van der Waals surface area contributed by atoms with Crippen molar-refractivity contribution in [1.29, 1.82) is 0 Å². The molecule has 0 N–H and O–H groups in total. The Balaban J connectivity index is 1.79. The first-order valence-corrected chi connectivity index (χ1v) is 8.80. The molecule has 138 valence electrons.